The number of nitrogens with zero attached hydrogens (tertiary/aromatic N) is 3. The smallest absolute Gasteiger partial charge is 0.255 e. The third-order valence-electron chi connectivity index (χ3n) is 4.75. The molecular formula is C19H19N3O3. The van der Waals surface area contributed by atoms with E-state index in [0.29, 0.717) is 36.8 Å². The third kappa shape index (κ3) is 2.54. The van der Waals surface area contributed by atoms with Gasteiger partial charge in [0.2, 0.25) is 11.8 Å². The normalized spacial score (nSPS) is 17.0. The molecule has 2 aliphatic heterocycles. The van der Waals surface area contributed by atoms with E-state index in [1.54, 1.807) is 22.9 Å². The highest BCUT2D eigenvalue weighted by atomic mass is 16.5. The summed E-state index contributed by atoms with van der Waals surface area (Å²) in [6.07, 6.45) is 1.72. The number of pyridine rings is 1. The number of ether oxygens (including phenoxy) is 1. The van der Waals surface area contributed by atoms with E-state index in [9.17, 15) is 9.59 Å². The first-order valence-corrected chi connectivity index (χ1v) is 8.36. The number of carbonyl (C=O) groups is 2. The second kappa shape index (κ2) is 5.88. The Kier molecular flexibility index (Phi) is 3.67. The van der Waals surface area contributed by atoms with Gasteiger partial charge in [-0.05, 0) is 37.1 Å². The molecule has 3 heterocycles. The van der Waals surface area contributed by atoms with Gasteiger partial charge in [0.15, 0.2) is 0 Å². The number of hydrogen-bond acceptors (Lipinski definition) is 4. The number of anilines is 1. The maximum atomic E-state index is 13.1. The molecule has 0 unspecified atom stereocenters. The van der Waals surface area contributed by atoms with Crippen molar-refractivity contribution in [2.75, 3.05) is 18.1 Å². The Morgan fingerprint density at radius 1 is 1.32 bits per heavy atom. The van der Waals surface area contributed by atoms with Gasteiger partial charge in [-0.1, -0.05) is 18.2 Å². The van der Waals surface area contributed by atoms with E-state index < -0.39 is 6.04 Å². The molecule has 0 radical (unpaired) electrons. The molecule has 4 rings (SSSR count). The van der Waals surface area contributed by atoms with Gasteiger partial charge in [0, 0.05) is 18.3 Å². The fourth-order valence-electron chi connectivity index (χ4n) is 3.38. The van der Waals surface area contributed by atoms with Crippen LogP contribution in [0.2, 0.25) is 0 Å². The van der Waals surface area contributed by atoms with Crippen LogP contribution in [0, 0.1) is 6.92 Å². The van der Waals surface area contributed by atoms with Crippen LogP contribution in [-0.2, 0) is 11.3 Å². The van der Waals surface area contributed by atoms with E-state index in [0.717, 1.165) is 11.1 Å². The molecule has 2 aromatic rings. The summed E-state index contributed by atoms with van der Waals surface area (Å²) >= 11 is 0. The summed E-state index contributed by atoms with van der Waals surface area (Å²) in [5.74, 6) is 0.263. The summed E-state index contributed by atoms with van der Waals surface area (Å²) in [7, 11) is 0. The molecule has 128 valence electrons. The van der Waals surface area contributed by atoms with Crippen molar-refractivity contribution in [1.82, 2.24) is 9.88 Å². The Morgan fingerprint density at radius 3 is 2.92 bits per heavy atom. The van der Waals surface area contributed by atoms with Crippen LogP contribution >= 0.6 is 0 Å². The number of rotatable bonds is 2. The summed E-state index contributed by atoms with van der Waals surface area (Å²) in [6, 6.07) is 8.85. The Morgan fingerprint density at radius 2 is 2.12 bits per heavy atom. The number of aromatic nitrogens is 1. The van der Waals surface area contributed by atoms with Gasteiger partial charge in [-0.3, -0.25) is 9.59 Å². The zero-order chi connectivity index (χ0) is 17.6. The average molecular weight is 337 g/mol. The second-order valence-electron chi connectivity index (χ2n) is 6.44. The zero-order valence-electron chi connectivity index (χ0n) is 14.2. The fourth-order valence-corrected chi connectivity index (χ4v) is 3.38. The van der Waals surface area contributed by atoms with Crippen LogP contribution in [0.15, 0.2) is 36.5 Å². The Labute approximate surface area is 146 Å². The lowest BCUT2D eigenvalue weighted by molar-refractivity contribution is -0.122. The van der Waals surface area contributed by atoms with Crippen molar-refractivity contribution < 1.29 is 14.3 Å². The number of hydrogen-bond donors (Lipinski definition) is 0. The molecular weight excluding hydrogens is 318 g/mol. The molecule has 1 aromatic carbocycles. The largest absolute Gasteiger partial charge is 0.474 e. The standard InChI is InChI=1S/C19H19N3O3/c1-12-9-16-17(20-10-12)25-8-7-21(16)18(23)13(2)22-11-14-5-3-4-6-15(14)19(22)24/h3-6,9-10,13H,7-8,11H2,1-2H3/t13-/m1/s1. The van der Waals surface area contributed by atoms with Crippen LogP contribution in [0.1, 0.15) is 28.4 Å². The fraction of sp³-hybridized carbons (Fsp3) is 0.316. The minimum Gasteiger partial charge on any atom is -0.474 e. The first kappa shape index (κ1) is 15.6. The highest BCUT2D eigenvalue weighted by Gasteiger charge is 2.37. The Balaban J connectivity index is 1.61. The van der Waals surface area contributed by atoms with Crippen molar-refractivity contribution in [2.45, 2.75) is 26.4 Å². The first-order valence-electron chi connectivity index (χ1n) is 8.36. The van der Waals surface area contributed by atoms with Gasteiger partial charge < -0.3 is 14.5 Å². The van der Waals surface area contributed by atoms with Crippen molar-refractivity contribution >= 4 is 17.5 Å². The van der Waals surface area contributed by atoms with Gasteiger partial charge >= 0.3 is 0 Å². The van der Waals surface area contributed by atoms with Gasteiger partial charge in [-0.2, -0.15) is 0 Å². The molecule has 0 saturated carbocycles. The molecule has 1 atom stereocenters. The van der Waals surface area contributed by atoms with E-state index in [1.807, 2.05) is 37.3 Å². The highest BCUT2D eigenvalue weighted by Crippen LogP contribution is 2.32. The van der Waals surface area contributed by atoms with Gasteiger partial charge in [0.1, 0.15) is 18.3 Å². The number of fused-ring (bicyclic) bond motifs is 2. The monoisotopic (exact) mass is 337 g/mol. The lowest BCUT2D eigenvalue weighted by Gasteiger charge is -2.33. The van der Waals surface area contributed by atoms with Crippen molar-refractivity contribution in [2.24, 2.45) is 0 Å². The molecule has 6 nitrogen and oxygen atoms in total. The number of amides is 2. The maximum Gasteiger partial charge on any atom is 0.255 e. The van der Waals surface area contributed by atoms with Gasteiger partial charge in [-0.25, -0.2) is 4.98 Å². The number of carbonyl (C=O) groups excluding carboxylic acids is 2. The number of benzene rings is 1. The summed E-state index contributed by atoms with van der Waals surface area (Å²) in [6.45, 7) is 5.02. The molecule has 0 fully saturated rings. The topological polar surface area (TPSA) is 62.7 Å². The van der Waals surface area contributed by atoms with E-state index in [4.69, 9.17) is 4.74 Å². The lowest BCUT2D eigenvalue weighted by Crippen LogP contribution is -2.49. The number of aryl methyl sites for hydroxylation is 1. The predicted molar refractivity (Wildman–Crippen MR) is 92.6 cm³/mol. The summed E-state index contributed by atoms with van der Waals surface area (Å²) < 4.78 is 5.55. The highest BCUT2D eigenvalue weighted by molar-refractivity contribution is 6.04. The summed E-state index contributed by atoms with van der Waals surface area (Å²) in [4.78, 5) is 33.3. The molecule has 2 aliphatic rings. The second-order valence-corrected chi connectivity index (χ2v) is 6.44. The minimum absolute atomic E-state index is 0.0905. The SMILES string of the molecule is Cc1cnc2c(c1)N(C(=O)[C@@H](C)N1Cc3ccccc3C1=O)CCO2. The van der Waals surface area contributed by atoms with Gasteiger partial charge in [-0.15, -0.1) is 0 Å². The quantitative estimate of drug-likeness (QED) is 0.842. The zero-order valence-corrected chi connectivity index (χ0v) is 14.2. The van der Waals surface area contributed by atoms with Gasteiger partial charge in [0.05, 0.1) is 6.54 Å². The average Bonchev–Trinajstić information content (AvgIpc) is 2.97. The van der Waals surface area contributed by atoms with Gasteiger partial charge in [0.25, 0.3) is 5.91 Å². The van der Waals surface area contributed by atoms with Crippen molar-refractivity contribution in [3.63, 3.8) is 0 Å². The molecule has 0 spiro atoms. The van der Waals surface area contributed by atoms with Crippen LogP contribution < -0.4 is 9.64 Å². The molecule has 0 saturated heterocycles. The van der Waals surface area contributed by atoms with Crippen molar-refractivity contribution in [3.8, 4) is 5.88 Å². The lowest BCUT2D eigenvalue weighted by atomic mass is 10.1. The molecule has 25 heavy (non-hydrogen) atoms. The van der Waals surface area contributed by atoms with Crippen LogP contribution in [0.5, 0.6) is 5.88 Å². The van der Waals surface area contributed by atoms with E-state index in [1.165, 1.54) is 0 Å². The van der Waals surface area contributed by atoms with E-state index in [2.05, 4.69) is 4.98 Å². The van der Waals surface area contributed by atoms with Crippen LogP contribution in [-0.4, -0.2) is 40.9 Å². The predicted octanol–water partition coefficient (Wildman–Crippen LogP) is 2.16. The minimum atomic E-state index is -0.550. The first-order chi connectivity index (χ1) is 12.1. The van der Waals surface area contributed by atoms with Crippen LogP contribution in [0.4, 0.5) is 5.69 Å². The van der Waals surface area contributed by atoms with Crippen molar-refractivity contribution in [1.29, 1.82) is 0 Å². The molecule has 0 aliphatic carbocycles. The molecule has 0 bridgehead atoms. The Hall–Kier alpha value is -2.89. The van der Waals surface area contributed by atoms with E-state index >= 15 is 0 Å². The van der Waals surface area contributed by atoms with Crippen LogP contribution in [0.25, 0.3) is 0 Å². The summed E-state index contributed by atoms with van der Waals surface area (Å²) in [5.41, 5.74) is 3.28. The molecule has 0 N–H and O–H groups in total. The maximum absolute atomic E-state index is 13.1. The van der Waals surface area contributed by atoms with Crippen molar-refractivity contribution in [3.05, 3.63) is 53.2 Å². The molecule has 1 aromatic heterocycles. The van der Waals surface area contributed by atoms with E-state index in [-0.39, 0.29) is 11.8 Å². The molecule has 2 amide bonds. The Bertz CT molecular complexity index is 865. The molecule has 6 heteroatoms. The van der Waals surface area contributed by atoms with Crippen LogP contribution in [0.3, 0.4) is 0 Å². The third-order valence-corrected chi connectivity index (χ3v) is 4.75. The summed E-state index contributed by atoms with van der Waals surface area (Å²) in [5, 5.41) is 0.